The lowest BCUT2D eigenvalue weighted by Gasteiger charge is -2.37. The lowest BCUT2D eigenvalue weighted by atomic mass is 9.73. The van der Waals surface area contributed by atoms with Gasteiger partial charge in [0, 0.05) is 30.8 Å². The molecule has 1 atom stereocenters. The van der Waals surface area contributed by atoms with E-state index in [9.17, 15) is 4.79 Å². The number of benzene rings is 1. The monoisotopic (exact) mass is 296 g/mol. The van der Waals surface area contributed by atoms with Gasteiger partial charge in [-0.25, -0.2) is 0 Å². The molecule has 0 aliphatic carbocycles. The molecule has 2 rings (SSSR count). The molecule has 0 radical (unpaired) electrons. The quantitative estimate of drug-likeness (QED) is 0.891. The Balaban J connectivity index is 2.35. The molecular formula is C15H21ClN2O2. The molecule has 5 heteroatoms. The summed E-state index contributed by atoms with van der Waals surface area (Å²) < 4.78 is 5.42. The summed E-state index contributed by atoms with van der Waals surface area (Å²) in [7, 11) is 0. The van der Waals surface area contributed by atoms with Gasteiger partial charge in [0.2, 0.25) is 5.91 Å². The van der Waals surface area contributed by atoms with E-state index in [1.54, 1.807) is 0 Å². The first-order valence-electron chi connectivity index (χ1n) is 6.94. The minimum absolute atomic E-state index is 0.00755. The largest absolute Gasteiger partial charge is 0.381 e. The first kappa shape index (κ1) is 15.3. The van der Waals surface area contributed by atoms with Gasteiger partial charge in [-0.15, -0.1) is 0 Å². The number of carbonyl (C=O) groups is 1. The molecule has 3 N–H and O–H groups in total. The van der Waals surface area contributed by atoms with Crippen LogP contribution in [0.25, 0.3) is 0 Å². The summed E-state index contributed by atoms with van der Waals surface area (Å²) >= 11 is 6.32. The van der Waals surface area contributed by atoms with Gasteiger partial charge >= 0.3 is 0 Å². The van der Waals surface area contributed by atoms with Crippen molar-refractivity contribution >= 4 is 17.5 Å². The van der Waals surface area contributed by atoms with E-state index < -0.39 is 5.41 Å². The Labute approximate surface area is 124 Å². The van der Waals surface area contributed by atoms with E-state index in [2.05, 4.69) is 5.32 Å². The lowest BCUT2D eigenvalue weighted by molar-refractivity contribution is -0.131. The number of hydrogen-bond acceptors (Lipinski definition) is 3. The Morgan fingerprint density at radius 1 is 1.45 bits per heavy atom. The van der Waals surface area contributed by atoms with Crippen molar-refractivity contribution in [1.82, 2.24) is 5.32 Å². The van der Waals surface area contributed by atoms with Crippen molar-refractivity contribution in [3.8, 4) is 0 Å². The van der Waals surface area contributed by atoms with Crippen LogP contribution in [0.5, 0.6) is 0 Å². The fraction of sp³-hybridized carbons (Fsp3) is 0.533. The molecule has 0 bridgehead atoms. The molecule has 1 aromatic rings. The predicted molar refractivity (Wildman–Crippen MR) is 79.8 cm³/mol. The second-order valence-corrected chi connectivity index (χ2v) is 5.69. The zero-order chi connectivity index (χ0) is 14.6. The maximum absolute atomic E-state index is 12.8. The lowest BCUT2D eigenvalue weighted by Crippen LogP contribution is -2.51. The predicted octanol–water partition coefficient (Wildman–Crippen LogP) is 1.85. The molecule has 1 aromatic carbocycles. The Morgan fingerprint density at radius 2 is 2.10 bits per heavy atom. The molecule has 1 saturated heterocycles. The van der Waals surface area contributed by atoms with E-state index >= 15 is 0 Å². The van der Waals surface area contributed by atoms with E-state index in [-0.39, 0.29) is 11.9 Å². The first-order valence-corrected chi connectivity index (χ1v) is 7.32. The second kappa shape index (κ2) is 6.57. The Bertz CT molecular complexity index is 473. The van der Waals surface area contributed by atoms with E-state index in [0.29, 0.717) is 37.6 Å². The maximum atomic E-state index is 12.8. The summed E-state index contributed by atoms with van der Waals surface area (Å²) in [6, 6.07) is 7.50. The Kier molecular flexibility index (Phi) is 5.02. The molecule has 0 saturated carbocycles. The van der Waals surface area contributed by atoms with E-state index in [4.69, 9.17) is 22.1 Å². The number of amides is 1. The molecule has 0 spiro atoms. The van der Waals surface area contributed by atoms with Crippen molar-refractivity contribution in [3.63, 3.8) is 0 Å². The molecule has 1 aliphatic heterocycles. The summed E-state index contributed by atoms with van der Waals surface area (Å²) in [6.07, 6.45) is 1.28. The van der Waals surface area contributed by atoms with Crippen LogP contribution in [-0.2, 0) is 14.9 Å². The van der Waals surface area contributed by atoms with Gasteiger partial charge in [0.25, 0.3) is 0 Å². The average Bonchev–Trinajstić information content (AvgIpc) is 2.48. The van der Waals surface area contributed by atoms with Gasteiger partial charge in [0.1, 0.15) is 0 Å². The molecule has 20 heavy (non-hydrogen) atoms. The molecule has 1 fully saturated rings. The second-order valence-electron chi connectivity index (χ2n) is 5.28. The van der Waals surface area contributed by atoms with Crippen LogP contribution < -0.4 is 11.1 Å². The number of nitrogens with two attached hydrogens (primary N) is 1. The third-order valence-corrected chi connectivity index (χ3v) is 4.23. The minimum Gasteiger partial charge on any atom is -0.381 e. The number of rotatable bonds is 4. The fourth-order valence-electron chi connectivity index (χ4n) is 2.61. The molecule has 0 aromatic heterocycles. The summed E-state index contributed by atoms with van der Waals surface area (Å²) in [4.78, 5) is 12.8. The topological polar surface area (TPSA) is 64.3 Å². The highest BCUT2D eigenvalue weighted by atomic mass is 35.5. The Hall–Kier alpha value is -1.10. The summed E-state index contributed by atoms with van der Waals surface area (Å²) in [6.45, 7) is 3.45. The summed E-state index contributed by atoms with van der Waals surface area (Å²) in [5.41, 5.74) is 5.87. The highest BCUT2D eigenvalue weighted by Crippen LogP contribution is 2.38. The van der Waals surface area contributed by atoms with Gasteiger partial charge in [-0.2, -0.15) is 0 Å². The van der Waals surface area contributed by atoms with Crippen LogP contribution in [0.1, 0.15) is 25.3 Å². The molecule has 0 unspecified atom stereocenters. The van der Waals surface area contributed by atoms with Crippen molar-refractivity contribution in [3.05, 3.63) is 34.9 Å². The standard InChI is InChI=1S/C15H21ClN2O2/c1-11(10-17)18-14(19)15(6-8-20-9-7-15)12-4-2-3-5-13(12)16/h2-5,11H,6-10,17H2,1H3,(H,18,19)/t11-/m0/s1. The van der Waals surface area contributed by atoms with Gasteiger partial charge in [0.15, 0.2) is 0 Å². The van der Waals surface area contributed by atoms with Gasteiger partial charge in [0.05, 0.1) is 5.41 Å². The van der Waals surface area contributed by atoms with E-state index in [1.807, 2.05) is 31.2 Å². The molecule has 1 amide bonds. The number of nitrogens with one attached hydrogen (secondary N) is 1. The van der Waals surface area contributed by atoms with Crippen molar-refractivity contribution in [2.45, 2.75) is 31.2 Å². The van der Waals surface area contributed by atoms with E-state index in [0.717, 1.165) is 5.56 Å². The summed E-state index contributed by atoms with van der Waals surface area (Å²) in [5.74, 6) is -0.00755. The molecular weight excluding hydrogens is 276 g/mol. The van der Waals surface area contributed by atoms with Crippen molar-refractivity contribution in [2.75, 3.05) is 19.8 Å². The number of halogens is 1. The van der Waals surface area contributed by atoms with Crippen molar-refractivity contribution in [2.24, 2.45) is 5.73 Å². The summed E-state index contributed by atoms with van der Waals surface area (Å²) in [5, 5.41) is 3.62. The van der Waals surface area contributed by atoms with Gasteiger partial charge in [-0.05, 0) is 31.4 Å². The van der Waals surface area contributed by atoms with Crippen LogP contribution in [0.3, 0.4) is 0 Å². The van der Waals surface area contributed by atoms with Gasteiger partial charge in [-0.3, -0.25) is 4.79 Å². The van der Waals surface area contributed by atoms with Crippen LogP contribution in [-0.4, -0.2) is 31.7 Å². The van der Waals surface area contributed by atoms with Crippen molar-refractivity contribution in [1.29, 1.82) is 0 Å². The highest BCUT2D eigenvalue weighted by Gasteiger charge is 2.43. The van der Waals surface area contributed by atoms with Gasteiger partial charge in [-0.1, -0.05) is 29.8 Å². The molecule has 4 nitrogen and oxygen atoms in total. The zero-order valence-corrected chi connectivity index (χ0v) is 12.5. The first-order chi connectivity index (χ1) is 9.60. The van der Waals surface area contributed by atoms with Crippen LogP contribution in [0.4, 0.5) is 0 Å². The van der Waals surface area contributed by atoms with Crippen LogP contribution in [0, 0.1) is 0 Å². The number of ether oxygens (including phenoxy) is 1. The van der Waals surface area contributed by atoms with Crippen LogP contribution in [0.15, 0.2) is 24.3 Å². The molecule has 1 aliphatic rings. The SMILES string of the molecule is C[C@@H](CN)NC(=O)C1(c2ccccc2Cl)CCOCC1. The third-order valence-electron chi connectivity index (χ3n) is 3.90. The molecule has 1 heterocycles. The van der Waals surface area contributed by atoms with Crippen LogP contribution >= 0.6 is 11.6 Å². The average molecular weight is 297 g/mol. The number of carbonyl (C=O) groups excluding carboxylic acids is 1. The van der Waals surface area contributed by atoms with Crippen LogP contribution in [0.2, 0.25) is 5.02 Å². The van der Waals surface area contributed by atoms with Gasteiger partial charge < -0.3 is 15.8 Å². The number of hydrogen-bond donors (Lipinski definition) is 2. The smallest absolute Gasteiger partial charge is 0.231 e. The maximum Gasteiger partial charge on any atom is 0.231 e. The fourth-order valence-corrected chi connectivity index (χ4v) is 2.93. The Morgan fingerprint density at radius 3 is 2.70 bits per heavy atom. The molecule has 110 valence electrons. The zero-order valence-electron chi connectivity index (χ0n) is 11.7. The van der Waals surface area contributed by atoms with E-state index in [1.165, 1.54) is 0 Å². The minimum atomic E-state index is -0.611. The highest BCUT2D eigenvalue weighted by molar-refractivity contribution is 6.31. The van der Waals surface area contributed by atoms with Crippen molar-refractivity contribution < 1.29 is 9.53 Å². The third kappa shape index (κ3) is 2.97. The normalized spacial score (nSPS) is 19.4.